The van der Waals surface area contributed by atoms with E-state index in [2.05, 4.69) is 35.1 Å². The fourth-order valence-corrected chi connectivity index (χ4v) is 6.56. The fourth-order valence-electron chi connectivity index (χ4n) is 6.56. The summed E-state index contributed by atoms with van der Waals surface area (Å²) in [4.78, 5) is 93.6. The molecule has 318 valence electrons. The summed E-state index contributed by atoms with van der Waals surface area (Å²) in [7, 11) is 2.68. The molecule has 5 atom stereocenters. The Morgan fingerprint density at radius 2 is 1.45 bits per heavy atom. The number of phenolic OH excluding ortho intramolecular Hbond substituents is 2. The maximum absolute atomic E-state index is 13.8. The number of rotatable bonds is 17. The highest BCUT2D eigenvalue weighted by Crippen LogP contribution is 2.38. The summed E-state index contributed by atoms with van der Waals surface area (Å²) in [5.41, 5.74) is 0.720. The first-order valence-corrected chi connectivity index (χ1v) is 19.5. The van der Waals surface area contributed by atoms with Gasteiger partial charge in [-0.1, -0.05) is 58.1 Å². The number of nitrogens with one attached hydrogen (secondary N) is 4. The zero-order valence-corrected chi connectivity index (χ0v) is 34.0. The lowest BCUT2D eigenvalue weighted by molar-refractivity contribution is -0.143. The number of carbonyl (C=O) groups excluding carboxylic acids is 6. The highest BCUT2D eigenvalue weighted by molar-refractivity contribution is 5.96. The van der Waals surface area contributed by atoms with E-state index in [0.29, 0.717) is 17.9 Å². The smallest absolute Gasteiger partial charge is 0.326 e. The molecule has 6 amide bonds. The molecule has 0 aliphatic carbocycles. The van der Waals surface area contributed by atoms with Crippen molar-refractivity contribution >= 4 is 41.4 Å². The number of benzene rings is 2. The van der Waals surface area contributed by atoms with Crippen molar-refractivity contribution < 1.29 is 54.0 Å². The number of carbonyl (C=O) groups is 7. The van der Waals surface area contributed by atoms with E-state index in [4.69, 9.17) is 0 Å². The van der Waals surface area contributed by atoms with Crippen LogP contribution in [0.5, 0.6) is 11.5 Å². The summed E-state index contributed by atoms with van der Waals surface area (Å²) in [6.45, 7) is 5.71. The number of aliphatic hydroxyl groups excluding tert-OH is 1. The third kappa shape index (κ3) is 12.9. The second kappa shape index (κ2) is 21.7. The van der Waals surface area contributed by atoms with E-state index in [0.717, 1.165) is 41.9 Å². The first kappa shape index (κ1) is 46.7. The van der Waals surface area contributed by atoms with Crippen LogP contribution in [0.3, 0.4) is 0 Å². The van der Waals surface area contributed by atoms with Crippen LogP contribution in [0.4, 0.5) is 0 Å². The van der Waals surface area contributed by atoms with Crippen LogP contribution in [-0.4, -0.2) is 123 Å². The first-order chi connectivity index (χ1) is 27.4. The first-order valence-electron chi connectivity index (χ1n) is 19.5. The zero-order chi connectivity index (χ0) is 43.3. The Hall–Kier alpha value is -5.71. The minimum Gasteiger partial charge on any atom is -0.507 e. The monoisotopic (exact) mass is 810 g/mol. The van der Waals surface area contributed by atoms with Crippen molar-refractivity contribution in [3.63, 3.8) is 0 Å². The summed E-state index contributed by atoms with van der Waals surface area (Å²) in [5.74, 6) is -5.61. The number of fused-ring (bicyclic) bond motifs is 5. The van der Waals surface area contributed by atoms with Crippen LogP contribution in [0.2, 0.25) is 0 Å². The highest BCUT2D eigenvalue weighted by Gasteiger charge is 2.34. The van der Waals surface area contributed by atoms with Crippen molar-refractivity contribution in [1.82, 2.24) is 31.1 Å². The van der Waals surface area contributed by atoms with Crippen molar-refractivity contribution in [2.75, 3.05) is 27.2 Å². The molecular weight excluding hydrogens is 752 g/mol. The normalized spacial score (nSPS) is 17.8. The Bertz CT molecular complexity index is 1820. The molecule has 0 radical (unpaired) electrons. The molecule has 17 nitrogen and oxygen atoms in total. The molecule has 2 aromatic rings. The van der Waals surface area contributed by atoms with Gasteiger partial charge < -0.3 is 51.5 Å². The van der Waals surface area contributed by atoms with Gasteiger partial charge in [0.15, 0.2) is 0 Å². The van der Waals surface area contributed by atoms with Crippen molar-refractivity contribution in [2.45, 2.75) is 109 Å². The molecule has 1 heterocycles. The second-order valence-electron chi connectivity index (χ2n) is 15.2. The van der Waals surface area contributed by atoms with E-state index in [1.807, 2.05) is 0 Å². The number of aromatic hydroxyl groups is 2. The molecule has 1 aliphatic heterocycles. The Balaban J connectivity index is 1.72. The fraction of sp³-hybridized carbons (Fsp3) is 0.537. The van der Waals surface area contributed by atoms with E-state index in [1.54, 1.807) is 0 Å². The van der Waals surface area contributed by atoms with Gasteiger partial charge >= 0.3 is 5.97 Å². The lowest BCUT2D eigenvalue weighted by atomic mass is 9.94. The number of carboxylic acids is 1. The van der Waals surface area contributed by atoms with Crippen molar-refractivity contribution in [3.05, 3.63) is 47.5 Å². The number of aliphatic carboxylic acids is 1. The van der Waals surface area contributed by atoms with Gasteiger partial charge in [-0.2, -0.15) is 0 Å². The number of unbranched alkanes of at least 4 members (excludes halogenated alkanes) is 4. The van der Waals surface area contributed by atoms with E-state index >= 15 is 0 Å². The molecule has 0 saturated heterocycles. The minimum absolute atomic E-state index is 0.0652. The third-order valence-corrected chi connectivity index (χ3v) is 10.2. The van der Waals surface area contributed by atoms with Crippen LogP contribution < -0.4 is 21.3 Å². The van der Waals surface area contributed by atoms with Crippen molar-refractivity contribution in [3.8, 4) is 22.6 Å². The van der Waals surface area contributed by atoms with Gasteiger partial charge in [0.1, 0.15) is 41.7 Å². The van der Waals surface area contributed by atoms with E-state index in [9.17, 15) is 54.0 Å². The standard InChI is InChI=1S/C41H58N6O11/c1-23(2)12-10-8-7-9-11-13-34(51)46(5)31(22-48)39(55)43-24(3)37(53)42-21-35(52)47(6)36-27-15-17-33(50)29(20-27)28-18-26(14-16-32(28)49)19-30(41(57)58)45-38(54)25(4)44-40(36)56/h14-18,20,23-25,30-31,36,48-50H,7-13,19,21-22H2,1-6H3,(H,42,53)(H,43,55)(H,44,56)(H,45,54)(H,57,58). The molecule has 0 fully saturated rings. The van der Waals surface area contributed by atoms with Crippen LogP contribution in [0.15, 0.2) is 36.4 Å². The van der Waals surface area contributed by atoms with Crippen LogP contribution in [0.25, 0.3) is 11.1 Å². The average molecular weight is 811 g/mol. The molecular formula is C41H58N6O11. The highest BCUT2D eigenvalue weighted by atomic mass is 16.4. The van der Waals surface area contributed by atoms with Gasteiger partial charge in [-0.25, -0.2) is 4.79 Å². The van der Waals surface area contributed by atoms with Crippen LogP contribution >= 0.6 is 0 Å². The van der Waals surface area contributed by atoms with Crippen LogP contribution in [-0.2, 0) is 40.0 Å². The van der Waals surface area contributed by atoms with Gasteiger partial charge in [-0.3, -0.25) is 28.8 Å². The number of amides is 6. The third-order valence-electron chi connectivity index (χ3n) is 10.2. The van der Waals surface area contributed by atoms with E-state index < -0.39 is 78.9 Å². The molecule has 1 aliphatic rings. The van der Waals surface area contributed by atoms with E-state index in [1.165, 1.54) is 64.3 Å². The van der Waals surface area contributed by atoms with Crippen LogP contribution in [0, 0.1) is 5.92 Å². The molecule has 0 saturated carbocycles. The number of nitrogens with zero attached hydrogens (tertiary/aromatic N) is 2. The largest absolute Gasteiger partial charge is 0.507 e. The molecule has 4 bridgehead atoms. The average Bonchev–Trinajstić information content (AvgIpc) is 3.16. The summed E-state index contributed by atoms with van der Waals surface area (Å²) in [6, 6.07) is 1.61. The predicted octanol–water partition coefficient (Wildman–Crippen LogP) is 1.72. The number of carboxylic acid groups (broad SMARTS) is 1. The predicted molar refractivity (Wildman–Crippen MR) is 213 cm³/mol. The molecule has 17 heteroatoms. The molecule has 0 aromatic heterocycles. The summed E-state index contributed by atoms with van der Waals surface area (Å²) < 4.78 is 0. The second-order valence-corrected chi connectivity index (χ2v) is 15.2. The summed E-state index contributed by atoms with van der Waals surface area (Å²) in [6.07, 6.45) is 5.90. The number of hydrogen-bond donors (Lipinski definition) is 8. The molecule has 3 rings (SSSR count). The molecule has 58 heavy (non-hydrogen) atoms. The van der Waals surface area contributed by atoms with Gasteiger partial charge in [0, 0.05) is 38.1 Å². The minimum atomic E-state index is -1.47. The van der Waals surface area contributed by atoms with Gasteiger partial charge in [-0.15, -0.1) is 0 Å². The van der Waals surface area contributed by atoms with Gasteiger partial charge in [0.2, 0.25) is 35.4 Å². The van der Waals surface area contributed by atoms with Crippen LogP contribution in [0.1, 0.15) is 89.8 Å². The SMILES string of the molecule is CC(C)CCCCCCCC(=O)N(C)C(CO)C(=O)NC(C)C(=O)NCC(=O)N(C)C1C(=O)NC(C)C(=O)NC(C(=O)O)Cc2ccc(O)c(c2)-c2cc1ccc2O. The Morgan fingerprint density at radius 1 is 0.828 bits per heavy atom. The number of likely N-dealkylation sites (N-methyl/N-ethyl adjacent to an activating group) is 2. The lowest BCUT2D eigenvalue weighted by Gasteiger charge is -2.30. The van der Waals surface area contributed by atoms with E-state index in [-0.39, 0.29) is 46.9 Å². The Labute approximate surface area is 338 Å². The zero-order valence-electron chi connectivity index (χ0n) is 34.0. The maximum atomic E-state index is 13.8. The lowest BCUT2D eigenvalue weighted by Crippen LogP contribution is -2.55. The Kier molecular flexibility index (Phi) is 17.5. The summed E-state index contributed by atoms with van der Waals surface area (Å²) in [5, 5.41) is 51.1. The van der Waals surface area contributed by atoms with Gasteiger partial charge in [0.05, 0.1) is 13.2 Å². The van der Waals surface area contributed by atoms with Crippen molar-refractivity contribution in [1.29, 1.82) is 0 Å². The summed E-state index contributed by atoms with van der Waals surface area (Å²) >= 11 is 0. The number of aliphatic hydroxyl groups is 1. The molecule has 8 N–H and O–H groups in total. The Morgan fingerprint density at radius 3 is 2.09 bits per heavy atom. The maximum Gasteiger partial charge on any atom is 0.326 e. The molecule has 2 aromatic carbocycles. The van der Waals surface area contributed by atoms with Gasteiger partial charge in [-0.05, 0) is 61.6 Å². The van der Waals surface area contributed by atoms with Gasteiger partial charge in [0.25, 0.3) is 0 Å². The van der Waals surface area contributed by atoms with Crippen molar-refractivity contribution in [2.24, 2.45) is 5.92 Å². The molecule has 5 unspecified atom stereocenters. The number of hydrogen-bond acceptors (Lipinski definition) is 10. The quantitative estimate of drug-likeness (QED) is 0.107. The molecule has 0 spiro atoms. The number of phenols is 2. The topological polar surface area (TPSA) is 255 Å².